The van der Waals surface area contributed by atoms with Crippen molar-refractivity contribution in [3.63, 3.8) is 0 Å². The van der Waals surface area contributed by atoms with Crippen LogP contribution in [0.2, 0.25) is 0 Å². The number of alkyl halides is 1. The SMILES string of the molecule is O=C1NC(=O)C2(CCCN(S(=O)(=O)CCCCCl)C2)N1. The minimum Gasteiger partial charge on any atom is -0.322 e. The van der Waals surface area contributed by atoms with Crippen molar-refractivity contribution >= 4 is 33.6 Å². The number of nitrogens with one attached hydrogen (secondary N) is 2. The zero-order valence-electron chi connectivity index (χ0n) is 11.0. The Morgan fingerprint density at radius 2 is 2.05 bits per heavy atom. The summed E-state index contributed by atoms with van der Waals surface area (Å²) in [7, 11) is -3.42. The minimum absolute atomic E-state index is 0.00772. The van der Waals surface area contributed by atoms with Crippen LogP contribution in [-0.4, -0.2) is 54.9 Å². The molecule has 1 spiro atoms. The first-order chi connectivity index (χ1) is 9.39. The van der Waals surface area contributed by atoms with Gasteiger partial charge in [-0.3, -0.25) is 10.1 Å². The van der Waals surface area contributed by atoms with Gasteiger partial charge in [0, 0.05) is 19.0 Å². The Bertz CT molecular complexity index is 510. The minimum atomic E-state index is -3.42. The van der Waals surface area contributed by atoms with Gasteiger partial charge >= 0.3 is 6.03 Å². The molecule has 3 amide bonds. The highest BCUT2D eigenvalue weighted by atomic mass is 35.5. The molecule has 2 aliphatic rings. The summed E-state index contributed by atoms with van der Waals surface area (Å²) >= 11 is 5.54. The maximum absolute atomic E-state index is 12.2. The van der Waals surface area contributed by atoms with Crippen LogP contribution in [0.4, 0.5) is 4.79 Å². The van der Waals surface area contributed by atoms with Crippen LogP contribution in [0.1, 0.15) is 25.7 Å². The molecule has 0 aromatic carbocycles. The van der Waals surface area contributed by atoms with E-state index in [1.807, 2.05) is 0 Å². The Morgan fingerprint density at radius 1 is 1.30 bits per heavy atom. The van der Waals surface area contributed by atoms with Gasteiger partial charge in [-0.05, 0) is 25.7 Å². The summed E-state index contributed by atoms with van der Waals surface area (Å²) in [6.45, 7) is 0.391. The molecule has 20 heavy (non-hydrogen) atoms. The van der Waals surface area contributed by atoms with E-state index < -0.39 is 27.5 Å². The Balaban J connectivity index is 2.07. The molecule has 1 atom stereocenters. The van der Waals surface area contributed by atoms with Gasteiger partial charge in [0.15, 0.2) is 0 Å². The number of unbranched alkanes of at least 4 members (excludes halogenated alkanes) is 1. The predicted molar refractivity (Wildman–Crippen MR) is 74.0 cm³/mol. The number of nitrogens with zero attached hydrogens (tertiary/aromatic N) is 1. The molecule has 2 fully saturated rings. The predicted octanol–water partition coefficient (Wildman–Crippen LogP) is 0.00920. The second kappa shape index (κ2) is 5.87. The number of hydrogen-bond donors (Lipinski definition) is 2. The number of hydrogen-bond acceptors (Lipinski definition) is 4. The topological polar surface area (TPSA) is 95.6 Å². The van der Waals surface area contributed by atoms with E-state index in [2.05, 4.69) is 10.6 Å². The summed E-state index contributed by atoms with van der Waals surface area (Å²) in [4.78, 5) is 23.1. The fourth-order valence-corrected chi connectivity index (χ4v) is 4.42. The number of imide groups is 1. The number of carbonyl (C=O) groups excluding carboxylic acids is 2. The van der Waals surface area contributed by atoms with Crippen molar-refractivity contribution in [1.29, 1.82) is 0 Å². The van der Waals surface area contributed by atoms with Gasteiger partial charge in [-0.25, -0.2) is 13.2 Å². The molecule has 2 rings (SSSR count). The molecule has 1 unspecified atom stereocenters. The van der Waals surface area contributed by atoms with Crippen molar-refractivity contribution < 1.29 is 18.0 Å². The van der Waals surface area contributed by atoms with Crippen LogP contribution in [0.15, 0.2) is 0 Å². The van der Waals surface area contributed by atoms with E-state index in [0.717, 1.165) is 0 Å². The summed E-state index contributed by atoms with van der Waals surface area (Å²) in [6.07, 6.45) is 2.13. The molecule has 0 aliphatic carbocycles. The summed E-state index contributed by atoms with van der Waals surface area (Å²) in [6, 6.07) is -0.559. The fourth-order valence-electron chi connectivity index (χ4n) is 2.58. The average molecular weight is 324 g/mol. The van der Waals surface area contributed by atoms with Crippen LogP contribution >= 0.6 is 11.6 Å². The van der Waals surface area contributed by atoms with E-state index in [9.17, 15) is 18.0 Å². The molecule has 2 N–H and O–H groups in total. The number of amides is 3. The van der Waals surface area contributed by atoms with Crippen LogP contribution in [0.25, 0.3) is 0 Å². The summed E-state index contributed by atoms with van der Waals surface area (Å²) in [5.74, 6) is 0.00618. The molecular weight excluding hydrogens is 306 g/mol. The summed E-state index contributed by atoms with van der Waals surface area (Å²) < 4.78 is 25.8. The van der Waals surface area contributed by atoms with Crippen molar-refractivity contribution in [2.45, 2.75) is 31.2 Å². The number of halogens is 1. The van der Waals surface area contributed by atoms with Gasteiger partial charge < -0.3 is 5.32 Å². The summed E-state index contributed by atoms with van der Waals surface area (Å²) in [5, 5.41) is 4.74. The lowest BCUT2D eigenvalue weighted by atomic mass is 9.90. The zero-order chi connectivity index (χ0) is 14.8. The lowest BCUT2D eigenvalue weighted by Crippen LogP contribution is -2.59. The maximum atomic E-state index is 12.2. The van der Waals surface area contributed by atoms with E-state index >= 15 is 0 Å². The molecule has 2 heterocycles. The molecule has 0 bridgehead atoms. The lowest BCUT2D eigenvalue weighted by Gasteiger charge is -2.37. The lowest BCUT2D eigenvalue weighted by molar-refractivity contribution is -0.125. The Hall–Kier alpha value is -0.860. The van der Waals surface area contributed by atoms with Gasteiger partial charge in [0.05, 0.1) is 5.75 Å². The van der Waals surface area contributed by atoms with Crippen molar-refractivity contribution in [3.8, 4) is 0 Å². The smallest absolute Gasteiger partial charge is 0.322 e. The Labute approximate surface area is 123 Å². The van der Waals surface area contributed by atoms with Crippen LogP contribution in [-0.2, 0) is 14.8 Å². The Kier molecular flexibility index (Phi) is 4.55. The molecule has 0 saturated carbocycles. The third-order valence-corrected chi connectivity index (χ3v) is 5.82. The van der Waals surface area contributed by atoms with E-state index in [1.54, 1.807) is 0 Å². The monoisotopic (exact) mass is 323 g/mol. The van der Waals surface area contributed by atoms with Crippen molar-refractivity contribution in [1.82, 2.24) is 14.9 Å². The van der Waals surface area contributed by atoms with Crippen LogP contribution in [0.3, 0.4) is 0 Å². The van der Waals surface area contributed by atoms with Gasteiger partial charge in [0.2, 0.25) is 10.0 Å². The third kappa shape index (κ3) is 3.07. The molecule has 2 aliphatic heterocycles. The number of carbonyl (C=O) groups is 2. The number of urea groups is 1. The average Bonchev–Trinajstić information content (AvgIpc) is 2.64. The van der Waals surface area contributed by atoms with Crippen LogP contribution in [0, 0.1) is 0 Å². The molecule has 0 radical (unpaired) electrons. The maximum Gasteiger partial charge on any atom is 0.322 e. The Morgan fingerprint density at radius 3 is 2.65 bits per heavy atom. The second-order valence-electron chi connectivity index (χ2n) is 5.14. The molecule has 114 valence electrons. The molecule has 2 saturated heterocycles. The first-order valence-corrected chi connectivity index (χ1v) is 8.71. The van der Waals surface area contributed by atoms with Crippen molar-refractivity contribution in [2.24, 2.45) is 0 Å². The van der Waals surface area contributed by atoms with Crippen LogP contribution in [0.5, 0.6) is 0 Å². The third-order valence-electron chi connectivity index (χ3n) is 3.65. The summed E-state index contributed by atoms with van der Waals surface area (Å²) in [5.41, 5.74) is -1.10. The number of rotatable bonds is 5. The van der Waals surface area contributed by atoms with E-state index in [1.165, 1.54) is 4.31 Å². The standard InChI is InChI=1S/C11H18ClN3O4S/c12-5-1-2-7-20(18,19)15-6-3-4-11(8-15)9(16)13-10(17)14-11/h1-8H2,(H2,13,14,16,17). The van der Waals surface area contributed by atoms with Gasteiger partial charge in [0.1, 0.15) is 5.54 Å². The van der Waals surface area contributed by atoms with Crippen molar-refractivity contribution in [2.75, 3.05) is 24.7 Å². The van der Waals surface area contributed by atoms with Gasteiger partial charge in [0.25, 0.3) is 5.91 Å². The van der Waals surface area contributed by atoms with Crippen LogP contribution < -0.4 is 10.6 Å². The molecule has 0 aromatic heterocycles. The van der Waals surface area contributed by atoms with Gasteiger partial charge in [-0.2, -0.15) is 4.31 Å². The number of sulfonamides is 1. The largest absolute Gasteiger partial charge is 0.322 e. The normalized spacial score (nSPS) is 27.6. The number of piperidine rings is 1. The molecule has 7 nitrogen and oxygen atoms in total. The van der Waals surface area contributed by atoms with E-state index in [0.29, 0.717) is 38.1 Å². The van der Waals surface area contributed by atoms with E-state index in [4.69, 9.17) is 11.6 Å². The molecular formula is C11H18ClN3O4S. The first kappa shape index (κ1) is 15.5. The fraction of sp³-hybridized carbons (Fsp3) is 0.818. The quantitative estimate of drug-likeness (QED) is 0.423. The highest BCUT2D eigenvalue weighted by Gasteiger charge is 2.50. The first-order valence-electron chi connectivity index (χ1n) is 6.57. The second-order valence-corrected chi connectivity index (χ2v) is 7.61. The van der Waals surface area contributed by atoms with Gasteiger partial charge in [-0.1, -0.05) is 0 Å². The molecule has 0 aromatic rings. The van der Waals surface area contributed by atoms with E-state index in [-0.39, 0.29) is 12.3 Å². The van der Waals surface area contributed by atoms with Gasteiger partial charge in [-0.15, -0.1) is 11.6 Å². The highest BCUT2D eigenvalue weighted by Crippen LogP contribution is 2.26. The zero-order valence-corrected chi connectivity index (χ0v) is 12.6. The molecule has 9 heteroatoms. The highest BCUT2D eigenvalue weighted by molar-refractivity contribution is 7.89. The van der Waals surface area contributed by atoms with Crippen molar-refractivity contribution in [3.05, 3.63) is 0 Å².